The minimum atomic E-state index is 0.200. The van der Waals surface area contributed by atoms with Crippen LogP contribution in [0.3, 0.4) is 0 Å². The highest BCUT2D eigenvalue weighted by molar-refractivity contribution is 5.50. The summed E-state index contributed by atoms with van der Waals surface area (Å²) in [5, 5.41) is 6.70. The second kappa shape index (κ2) is 6.16. The van der Waals surface area contributed by atoms with Crippen LogP contribution in [0.1, 0.15) is 11.3 Å². The minimum absolute atomic E-state index is 0.200. The van der Waals surface area contributed by atoms with Crippen LogP contribution < -0.4 is 15.5 Å². The van der Waals surface area contributed by atoms with E-state index in [4.69, 9.17) is 4.74 Å². The molecule has 0 aromatic carbocycles. The lowest BCUT2D eigenvalue weighted by Gasteiger charge is -2.24. The lowest BCUT2D eigenvalue weighted by atomic mass is 10.2. The standard InChI is InChI=1S/C13H23N5O/c1-9-10(2)16-13(18(3)4)17-12(9)15-8-11-7-14-5-6-19-11/h11,14H,5-8H2,1-4H3,(H,15,16,17). The summed E-state index contributed by atoms with van der Waals surface area (Å²) in [6.45, 7) is 7.41. The summed E-state index contributed by atoms with van der Waals surface area (Å²) in [6, 6.07) is 0. The van der Waals surface area contributed by atoms with E-state index in [0.717, 1.165) is 49.3 Å². The van der Waals surface area contributed by atoms with E-state index in [9.17, 15) is 0 Å². The number of morpholine rings is 1. The van der Waals surface area contributed by atoms with Crippen molar-refractivity contribution in [3.8, 4) is 0 Å². The Morgan fingerprint density at radius 2 is 2.16 bits per heavy atom. The van der Waals surface area contributed by atoms with Crippen LogP contribution in [0.4, 0.5) is 11.8 Å². The summed E-state index contributed by atoms with van der Waals surface area (Å²) >= 11 is 0. The summed E-state index contributed by atoms with van der Waals surface area (Å²) in [7, 11) is 3.89. The minimum Gasteiger partial charge on any atom is -0.374 e. The first-order chi connectivity index (χ1) is 9.08. The van der Waals surface area contributed by atoms with Crippen molar-refractivity contribution < 1.29 is 4.74 Å². The Kier molecular flexibility index (Phi) is 4.55. The molecule has 0 amide bonds. The molecule has 0 radical (unpaired) electrons. The van der Waals surface area contributed by atoms with Gasteiger partial charge >= 0.3 is 0 Å². The molecule has 19 heavy (non-hydrogen) atoms. The van der Waals surface area contributed by atoms with Crippen LogP contribution in [-0.2, 0) is 4.74 Å². The van der Waals surface area contributed by atoms with Gasteiger partial charge in [0.15, 0.2) is 0 Å². The van der Waals surface area contributed by atoms with Crippen molar-refractivity contribution in [1.82, 2.24) is 15.3 Å². The average Bonchev–Trinajstić information content (AvgIpc) is 2.41. The van der Waals surface area contributed by atoms with Crippen LogP contribution in [0, 0.1) is 13.8 Å². The SMILES string of the molecule is Cc1nc(N(C)C)nc(NCC2CNCCO2)c1C. The predicted octanol–water partition coefficient (Wildman–Crippen LogP) is 0.560. The second-order valence-corrected chi connectivity index (χ2v) is 5.05. The van der Waals surface area contributed by atoms with Crippen LogP contribution in [0.25, 0.3) is 0 Å². The molecule has 106 valence electrons. The molecule has 1 unspecified atom stereocenters. The van der Waals surface area contributed by atoms with Gasteiger partial charge in [-0.15, -0.1) is 0 Å². The Hall–Kier alpha value is -1.40. The van der Waals surface area contributed by atoms with Gasteiger partial charge in [0.25, 0.3) is 0 Å². The van der Waals surface area contributed by atoms with Crippen LogP contribution in [-0.4, -0.2) is 56.4 Å². The van der Waals surface area contributed by atoms with E-state index >= 15 is 0 Å². The van der Waals surface area contributed by atoms with Crippen molar-refractivity contribution in [2.75, 3.05) is 50.6 Å². The van der Waals surface area contributed by atoms with E-state index < -0.39 is 0 Å². The molecule has 1 aromatic heterocycles. The molecule has 6 nitrogen and oxygen atoms in total. The monoisotopic (exact) mass is 265 g/mol. The molecule has 2 N–H and O–H groups in total. The third-order valence-electron chi connectivity index (χ3n) is 3.28. The first-order valence-corrected chi connectivity index (χ1v) is 6.66. The Morgan fingerprint density at radius 3 is 2.79 bits per heavy atom. The van der Waals surface area contributed by atoms with Crippen LogP contribution in [0.2, 0.25) is 0 Å². The quantitative estimate of drug-likeness (QED) is 0.829. The number of hydrogen-bond acceptors (Lipinski definition) is 6. The van der Waals surface area contributed by atoms with Crippen LogP contribution >= 0.6 is 0 Å². The molecule has 0 aliphatic carbocycles. The van der Waals surface area contributed by atoms with Crippen molar-refractivity contribution in [3.05, 3.63) is 11.3 Å². The summed E-state index contributed by atoms with van der Waals surface area (Å²) in [4.78, 5) is 10.9. The highest BCUT2D eigenvalue weighted by Crippen LogP contribution is 2.18. The Balaban J connectivity index is 2.05. The molecule has 1 aliphatic rings. The van der Waals surface area contributed by atoms with Gasteiger partial charge < -0.3 is 20.3 Å². The van der Waals surface area contributed by atoms with Gasteiger partial charge in [-0.3, -0.25) is 0 Å². The fourth-order valence-corrected chi connectivity index (χ4v) is 1.95. The number of nitrogens with zero attached hydrogens (tertiary/aromatic N) is 3. The molecular weight excluding hydrogens is 242 g/mol. The average molecular weight is 265 g/mol. The second-order valence-electron chi connectivity index (χ2n) is 5.05. The van der Waals surface area contributed by atoms with Gasteiger partial charge in [0, 0.05) is 45.0 Å². The zero-order chi connectivity index (χ0) is 13.8. The number of nitrogens with one attached hydrogen (secondary N) is 2. The third kappa shape index (κ3) is 3.54. The highest BCUT2D eigenvalue weighted by Gasteiger charge is 2.15. The third-order valence-corrected chi connectivity index (χ3v) is 3.28. The molecule has 1 fully saturated rings. The topological polar surface area (TPSA) is 62.3 Å². The Labute approximate surface area is 114 Å². The fourth-order valence-electron chi connectivity index (χ4n) is 1.95. The highest BCUT2D eigenvalue weighted by atomic mass is 16.5. The number of hydrogen-bond donors (Lipinski definition) is 2. The van der Waals surface area contributed by atoms with Crippen LogP contribution in [0.5, 0.6) is 0 Å². The molecule has 6 heteroatoms. The fraction of sp³-hybridized carbons (Fsp3) is 0.692. The van der Waals surface area contributed by atoms with Gasteiger partial charge in [0.2, 0.25) is 5.95 Å². The zero-order valence-electron chi connectivity index (χ0n) is 12.2. The summed E-state index contributed by atoms with van der Waals surface area (Å²) in [6.07, 6.45) is 0.200. The van der Waals surface area contributed by atoms with Gasteiger partial charge in [-0.1, -0.05) is 0 Å². The van der Waals surface area contributed by atoms with Gasteiger partial charge in [-0.2, -0.15) is 4.98 Å². The number of ether oxygens (including phenoxy) is 1. The zero-order valence-corrected chi connectivity index (χ0v) is 12.2. The molecule has 2 heterocycles. The number of aromatic nitrogens is 2. The van der Waals surface area contributed by atoms with Crippen molar-refractivity contribution in [3.63, 3.8) is 0 Å². The summed E-state index contributed by atoms with van der Waals surface area (Å²) in [5.74, 6) is 1.62. The largest absolute Gasteiger partial charge is 0.374 e. The lowest BCUT2D eigenvalue weighted by molar-refractivity contribution is 0.0372. The molecule has 2 rings (SSSR count). The van der Waals surface area contributed by atoms with Gasteiger partial charge in [0.05, 0.1) is 12.7 Å². The van der Waals surface area contributed by atoms with Gasteiger partial charge in [-0.25, -0.2) is 4.98 Å². The maximum absolute atomic E-state index is 5.67. The maximum Gasteiger partial charge on any atom is 0.227 e. The smallest absolute Gasteiger partial charge is 0.227 e. The van der Waals surface area contributed by atoms with Gasteiger partial charge in [-0.05, 0) is 13.8 Å². The molecule has 1 aromatic rings. The Bertz CT molecular complexity index is 429. The lowest BCUT2D eigenvalue weighted by Crippen LogP contribution is -2.42. The molecule has 1 atom stereocenters. The number of anilines is 2. The molecule has 0 bridgehead atoms. The van der Waals surface area contributed by atoms with E-state index in [1.54, 1.807) is 0 Å². The molecule has 1 saturated heterocycles. The first kappa shape index (κ1) is 14.0. The maximum atomic E-state index is 5.67. The Morgan fingerprint density at radius 1 is 1.37 bits per heavy atom. The van der Waals surface area contributed by atoms with Crippen LogP contribution in [0.15, 0.2) is 0 Å². The summed E-state index contributed by atoms with van der Waals surface area (Å²) < 4.78 is 5.67. The van der Waals surface area contributed by atoms with E-state index in [1.165, 1.54) is 0 Å². The first-order valence-electron chi connectivity index (χ1n) is 6.66. The normalized spacial score (nSPS) is 19.3. The number of aryl methyl sites for hydroxylation is 1. The van der Waals surface area contributed by atoms with Crippen molar-refractivity contribution in [1.29, 1.82) is 0 Å². The molecule has 0 saturated carbocycles. The van der Waals surface area contributed by atoms with E-state index in [-0.39, 0.29) is 6.10 Å². The van der Waals surface area contributed by atoms with Crippen molar-refractivity contribution in [2.45, 2.75) is 20.0 Å². The van der Waals surface area contributed by atoms with E-state index in [2.05, 4.69) is 20.6 Å². The van der Waals surface area contributed by atoms with Crippen molar-refractivity contribution >= 4 is 11.8 Å². The molecule has 1 aliphatic heterocycles. The predicted molar refractivity (Wildman–Crippen MR) is 76.9 cm³/mol. The molecule has 0 spiro atoms. The number of rotatable bonds is 4. The van der Waals surface area contributed by atoms with Gasteiger partial charge in [0.1, 0.15) is 5.82 Å². The molecular formula is C13H23N5O. The van der Waals surface area contributed by atoms with Crippen molar-refractivity contribution in [2.24, 2.45) is 0 Å². The summed E-state index contributed by atoms with van der Waals surface area (Å²) in [5.41, 5.74) is 2.10. The van der Waals surface area contributed by atoms with E-state index in [0.29, 0.717) is 0 Å². The van der Waals surface area contributed by atoms with E-state index in [1.807, 2.05) is 32.8 Å².